The average Bonchev–Trinajstić information content (AvgIpc) is 2.50. The van der Waals surface area contributed by atoms with Crippen molar-refractivity contribution < 1.29 is 17.9 Å². The van der Waals surface area contributed by atoms with E-state index >= 15 is 0 Å². The van der Waals surface area contributed by atoms with Crippen molar-refractivity contribution >= 4 is 14.7 Å². The first kappa shape index (κ1) is 23.5. The maximum absolute atomic E-state index is 13.1. The molecular formula is C17H40O4P2. The van der Waals surface area contributed by atoms with Gasteiger partial charge >= 0.3 is 144 Å². The van der Waals surface area contributed by atoms with Crippen LogP contribution in [0.25, 0.3) is 0 Å². The van der Waals surface area contributed by atoms with Crippen molar-refractivity contribution in [1.29, 1.82) is 0 Å². The van der Waals surface area contributed by atoms with Crippen molar-refractivity contribution in [3.63, 3.8) is 0 Å². The van der Waals surface area contributed by atoms with E-state index in [2.05, 4.69) is 27.4 Å². The predicted octanol–water partition coefficient (Wildman–Crippen LogP) is 6.68. The first-order valence-electron chi connectivity index (χ1n) is 9.42. The van der Waals surface area contributed by atoms with Gasteiger partial charge in [-0.05, 0) is 0 Å². The molecule has 0 aromatic carbocycles. The summed E-state index contributed by atoms with van der Waals surface area (Å²) < 4.78 is 30.5. The molecule has 0 saturated heterocycles. The average molecular weight is 370 g/mol. The Kier molecular flexibility index (Phi) is 11.5. The van der Waals surface area contributed by atoms with Crippen molar-refractivity contribution in [3.8, 4) is 0 Å². The molecule has 0 N–H and O–H groups in total. The second-order valence-corrected chi connectivity index (χ2v) is 14.6. The van der Waals surface area contributed by atoms with Crippen LogP contribution in [0.1, 0.15) is 73.1 Å². The van der Waals surface area contributed by atoms with Crippen LogP contribution in [-0.4, -0.2) is 38.4 Å². The zero-order chi connectivity index (χ0) is 17.8. The quantitative estimate of drug-likeness (QED) is 0.302. The summed E-state index contributed by atoms with van der Waals surface area (Å²) >= 11 is 0. The van der Waals surface area contributed by atoms with Crippen LogP contribution in [0.3, 0.4) is 0 Å². The Labute approximate surface area is 144 Å². The first-order chi connectivity index (χ1) is 10.8. The molecule has 0 bridgehead atoms. The van der Waals surface area contributed by atoms with E-state index in [4.69, 9.17) is 13.4 Å². The van der Waals surface area contributed by atoms with Gasteiger partial charge in [-0.3, -0.25) is 0 Å². The summed E-state index contributed by atoms with van der Waals surface area (Å²) in [4.78, 5) is 0. The Morgan fingerprint density at radius 3 is 1.35 bits per heavy atom. The van der Waals surface area contributed by atoms with Crippen LogP contribution in [0.4, 0.5) is 0 Å². The molecule has 0 rings (SSSR count). The Morgan fingerprint density at radius 1 is 0.739 bits per heavy atom. The van der Waals surface area contributed by atoms with Gasteiger partial charge in [0.15, 0.2) is 0 Å². The van der Waals surface area contributed by atoms with E-state index in [0.717, 1.165) is 57.0 Å². The molecule has 6 heteroatoms. The second-order valence-electron chi connectivity index (χ2n) is 6.79. The van der Waals surface area contributed by atoms with E-state index in [1.54, 1.807) is 0 Å². The summed E-state index contributed by atoms with van der Waals surface area (Å²) in [6, 6.07) is 0. The number of unbranched alkanes of at least 4 members (excludes halogenated alkanes) is 3. The van der Waals surface area contributed by atoms with Gasteiger partial charge in [0.1, 0.15) is 0 Å². The Bertz CT molecular complexity index is 326. The molecule has 0 fully saturated rings. The zero-order valence-electron chi connectivity index (χ0n) is 16.3. The van der Waals surface area contributed by atoms with E-state index in [0.29, 0.717) is 13.2 Å². The molecule has 0 aromatic heterocycles. The van der Waals surface area contributed by atoms with Gasteiger partial charge in [-0.25, -0.2) is 0 Å². The molecule has 0 atom stereocenters. The van der Waals surface area contributed by atoms with Gasteiger partial charge in [0.2, 0.25) is 0 Å². The third kappa shape index (κ3) is 8.45. The van der Waals surface area contributed by atoms with E-state index in [9.17, 15) is 4.57 Å². The van der Waals surface area contributed by atoms with Crippen molar-refractivity contribution in [3.05, 3.63) is 0 Å². The maximum atomic E-state index is 13.1. The van der Waals surface area contributed by atoms with Gasteiger partial charge < -0.3 is 0 Å². The summed E-state index contributed by atoms with van der Waals surface area (Å²) in [5.74, 6) is 0. The van der Waals surface area contributed by atoms with Crippen molar-refractivity contribution in [2.45, 2.75) is 73.1 Å². The number of hydrogen-bond acceptors (Lipinski definition) is 4. The normalized spacial score (nSPS) is 14.6. The minimum absolute atomic E-state index is 0.346. The van der Waals surface area contributed by atoms with E-state index in [-0.39, 0.29) is 0 Å². The standard InChI is InChI=1S/C17H40O4P2/c1-7-12-15-23(6,16-13-8-2,17-14-9-3)21-22(18,19-10-4)20-11-5/h7-17H2,1-6H3. The molecular weight excluding hydrogens is 330 g/mol. The molecule has 4 nitrogen and oxygen atoms in total. The molecule has 23 heavy (non-hydrogen) atoms. The fraction of sp³-hybridized carbons (Fsp3) is 1.00. The molecule has 0 unspecified atom stereocenters. The van der Waals surface area contributed by atoms with Gasteiger partial charge in [0.25, 0.3) is 0 Å². The Hall–Kier alpha value is 0.540. The first-order valence-corrected chi connectivity index (χ1v) is 14.0. The summed E-state index contributed by atoms with van der Waals surface area (Å²) in [5, 5.41) is 0. The molecule has 0 aliphatic rings. The molecule has 0 radical (unpaired) electrons. The van der Waals surface area contributed by atoms with Gasteiger partial charge in [-0.15, -0.1) is 0 Å². The second kappa shape index (κ2) is 11.2. The number of rotatable bonds is 15. The van der Waals surface area contributed by atoms with Crippen molar-refractivity contribution in [2.75, 3.05) is 38.4 Å². The Balaban J connectivity index is 5.59. The molecule has 0 aliphatic heterocycles. The van der Waals surface area contributed by atoms with Crippen LogP contribution >= 0.6 is 14.7 Å². The van der Waals surface area contributed by atoms with Crippen LogP contribution in [0.15, 0.2) is 0 Å². The fourth-order valence-corrected chi connectivity index (χ4v) is 11.8. The van der Waals surface area contributed by atoms with Gasteiger partial charge in [0.05, 0.1) is 0 Å². The van der Waals surface area contributed by atoms with Crippen LogP contribution in [0.5, 0.6) is 0 Å². The molecule has 0 spiro atoms. The van der Waals surface area contributed by atoms with Crippen LogP contribution in [0, 0.1) is 0 Å². The van der Waals surface area contributed by atoms with E-state index < -0.39 is 14.7 Å². The fourth-order valence-electron chi connectivity index (χ4n) is 2.98. The third-order valence-electron chi connectivity index (χ3n) is 4.36. The third-order valence-corrected chi connectivity index (χ3v) is 13.1. The van der Waals surface area contributed by atoms with Gasteiger partial charge in [-0.2, -0.15) is 0 Å². The molecule has 0 aliphatic carbocycles. The molecule has 0 amide bonds. The number of hydrogen-bond donors (Lipinski definition) is 0. The number of phosphoric acid groups is 1. The zero-order valence-corrected chi connectivity index (χ0v) is 18.1. The Morgan fingerprint density at radius 2 is 1.09 bits per heavy atom. The van der Waals surface area contributed by atoms with Gasteiger partial charge in [0, 0.05) is 0 Å². The summed E-state index contributed by atoms with van der Waals surface area (Å²) in [6.07, 6.45) is 9.77. The van der Waals surface area contributed by atoms with Crippen molar-refractivity contribution in [1.82, 2.24) is 0 Å². The van der Waals surface area contributed by atoms with E-state index in [1.165, 1.54) is 0 Å². The van der Waals surface area contributed by atoms with E-state index in [1.807, 2.05) is 13.8 Å². The summed E-state index contributed by atoms with van der Waals surface area (Å²) in [6.45, 7) is 10.7. The topological polar surface area (TPSA) is 44.8 Å². The molecule has 142 valence electrons. The van der Waals surface area contributed by atoms with Crippen molar-refractivity contribution in [2.24, 2.45) is 0 Å². The molecule has 0 heterocycles. The minimum atomic E-state index is -3.47. The van der Waals surface area contributed by atoms with Crippen LogP contribution < -0.4 is 0 Å². The molecule has 0 aromatic rings. The SMILES string of the molecule is CCCCP(C)(CCCC)(CCCC)OP(=O)(OCC)OCC. The van der Waals surface area contributed by atoms with Crippen LogP contribution in [0.2, 0.25) is 0 Å². The molecule has 0 saturated carbocycles. The van der Waals surface area contributed by atoms with Gasteiger partial charge in [-0.1, -0.05) is 0 Å². The summed E-state index contributed by atoms with van der Waals surface area (Å²) in [7, 11) is -3.47. The predicted molar refractivity (Wildman–Crippen MR) is 104 cm³/mol. The monoisotopic (exact) mass is 370 g/mol. The summed E-state index contributed by atoms with van der Waals surface area (Å²) in [5.41, 5.74) is 0. The van der Waals surface area contributed by atoms with Crippen LogP contribution in [-0.2, 0) is 17.9 Å². The number of phosphoric ester groups is 1.